The van der Waals surface area contributed by atoms with E-state index in [-0.39, 0.29) is 5.91 Å². The van der Waals surface area contributed by atoms with Crippen LogP contribution < -0.4 is 5.32 Å². The van der Waals surface area contributed by atoms with E-state index < -0.39 is 0 Å². The number of rotatable bonds is 3. The molecule has 0 saturated heterocycles. The summed E-state index contributed by atoms with van der Waals surface area (Å²) in [5.74, 6) is 0.656. The number of hydrogen-bond acceptors (Lipinski definition) is 3. The van der Waals surface area contributed by atoms with E-state index in [1.54, 1.807) is 18.5 Å². The van der Waals surface area contributed by atoms with Crippen molar-refractivity contribution in [2.45, 2.75) is 13.5 Å². The van der Waals surface area contributed by atoms with Gasteiger partial charge in [0.15, 0.2) is 5.82 Å². The molecule has 0 unspecified atom stereocenters. The van der Waals surface area contributed by atoms with Gasteiger partial charge in [0.25, 0.3) is 0 Å². The number of amides is 1. The molecule has 1 aromatic carbocycles. The molecule has 1 heterocycles. The van der Waals surface area contributed by atoms with Gasteiger partial charge in [0.05, 0.1) is 0 Å². The zero-order chi connectivity index (χ0) is 12.1. The molecule has 0 saturated carbocycles. The molecule has 0 bridgehead atoms. The molecule has 86 valence electrons. The molecule has 0 aliphatic rings. The number of benzene rings is 1. The molecule has 0 atom stereocenters. The van der Waals surface area contributed by atoms with Crippen molar-refractivity contribution in [2.24, 2.45) is 0 Å². The van der Waals surface area contributed by atoms with Crippen molar-refractivity contribution in [2.75, 3.05) is 0 Å². The van der Waals surface area contributed by atoms with E-state index in [4.69, 9.17) is 0 Å². The Morgan fingerprint density at radius 3 is 2.71 bits per heavy atom. The maximum absolute atomic E-state index is 10.8. The van der Waals surface area contributed by atoms with E-state index >= 15 is 0 Å². The first-order valence-electron chi connectivity index (χ1n) is 5.36. The highest BCUT2D eigenvalue weighted by atomic mass is 16.1. The summed E-state index contributed by atoms with van der Waals surface area (Å²) < 4.78 is 0. The van der Waals surface area contributed by atoms with Gasteiger partial charge in [-0.05, 0) is 17.7 Å². The van der Waals surface area contributed by atoms with Crippen molar-refractivity contribution in [3.05, 3.63) is 48.3 Å². The Bertz CT molecular complexity index is 511. The fourth-order valence-electron chi connectivity index (χ4n) is 1.50. The van der Waals surface area contributed by atoms with E-state index in [0.29, 0.717) is 12.4 Å². The largest absolute Gasteiger partial charge is 0.352 e. The number of hydrogen-bond donors (Lipinski definition) is 1. The van der Waals surface area contributed by atoms with Gasteiger partial charge in [-0.15, -0.1) is 0 Å². The predicted octanol–water partition coefficient (Wildman–Crippen LogP) is 1.78. The standard InChI is InChI=1S/C13H13N3O/c1-10(17)16-9-11-4-2-5-12(8-11)13-14-6-3-7-15-13/h2-8H,9H2,1H3,(H,16,17). The quantitative estimate of drug-likeness (QED) is 0.869. The van der Waals surface area contributed by atoms with Gasteiger partial charge >= 0.3 is 0 Å². The zero-order valence-electron chi connectivity index (χ0n) is 9.55. The topological polar surface area (TPSA) is 54.9 Å². The molecule has 0 radical (unpaired) electrons. The lowest BCUT2D eigenvalue weighted by Gasteiger charge is -2.04. The molecular formula is C13H13N3O. The lowest BCUT2D eigenvalue weighted by molar-refractivity contribution is -0.119. The van der Waals surface area contributed by atoms with Crippen molar-refractivity contribution in [3.8, 4) is 11.4 Å². The Hall–Kier alpha value is -2.23. The summed E-state index contributed by atoms with van der Waals surface area (Å²) in [4.78, 5) is 19.2. The van der Waals surface area contributed by atoms with Crippen molar-refractivity contribution >= 4 is 5.91 Å². The van der Waals surface area contributed by atoms with Crippen LogP contribution in [-0.4, -0.2) is 15.9 Å². The fraction of sp³-hybridized carbons (Fsp3) is 0.154. The van der Waals surface area contributed by atoms with Gasteiger partial charge < -0.3 is 5.32 Å². The number of carbonyl (C=O) groups excluding carboxylic acids is 1. The van der Waals surface area contributed by atoms with E-state index in [0.717, 1.165) is 11.1 Å². The number of aromatic nitrogens is 2. The summed E-state index contributed by atoms with van der Waals surface area (Å²) in [5.41, 5.74) is 1.98. The third-order valence-electron chi connectivity index (χ3n) is 2.29. The molecule has 2 aromatic rings. The Morgan fingerprint density at radius 2 is 2.00 bits per heavy atom. The molecule has 0 aliphatic heterocycles. The minimum Gasteiger partial charge on any atom is -0.352 e. The van der Waals surface area contributed by atoms with Gasteiger partial charge in [-0.3, -0.25) is 4.79 Å². The Morgan fingerprint density at radius 1 is 1.24 bits per heavy atom. The summed E-state index contributed by atoms with van der Waals surface area (Å²) in [6.07, 6.45) is 3.42. The van der Waals surface area contributed by atoms with Gasteiger partial charge in [0.1, 0.15) is 0 Å². The first-order valence-corrected chi connectivity index (χ1v) is 5.36. The summed E-state index contributed by atoms with van der Waals surface area (Å²) in [7, 11) is 0. The van der Waals surface area contributed by atoms with Gasteiger partial charge in [0.2, 0.25) is 5.91 Å². The van der Waals surface area contributed by atoms with Crippen LogP contribution in [0.15, 0.2) is 42.7 Å². The number of nitrogens with zero attached hydrogens (tertiary/aromatic N) is 2. The SMILES string of the molecule is CC(=O)NCc1cccc(-c2ncccn2)c1. The van der Waals surface area contributed by atoms with E-state index in [2.05, 4.69) is 15.3 Å². The minimum absolute atomic E-state index is 0.0358. The second-order valence-corrected chi connectivity index (χ2v) is 3.68. The molecule has 0 spiro atoms. The van der Waals surface area contributed by atoms with Gasteiger partial charge in [-0.1, -0.05) is 18.2 Å². The van der Waals surface area contributed by atoms with E-state index in [1.165, 1.54) is 6.92 Å². The highest BCUT2D eigenvalue weighted by Crippen LogP contribution is 2.15. The normalized spacial score (nSPS) is 9.94. The fourth-order valence-corrected chi connectivity index (χ4v) is 1.50. The van der Waals surface area contributed by atoms with Crippen LogP contribution >= 0.6 is 0 Å². The third kappa shape index (κ3) is 3.11. The van der Waals surface area contributed by atoms with Gasteiger partial charge in [-0.25, -0.2) is 9.97 Å². The monoisotopic (exact) mass is 227 g/mol. The Labute approximate surface area is 99.7 Å². The molecule has 17 heavy (non-hydrogen) atoms. The number of nitrogens with one attached hydrogen (secondary N) is 1. The maximum Gasteiger partial charge on any atom is 0.217 e. The van der Waals surface area contributed by atoms with Crippen LogP contribution in [0.2, 0.25) is 0 Å². The van der Waals surface area contributed by atoms with E-state index in [1.807, 2.05) is 24.3 Å². The van der Waals surface area contributed by atoms with Crippen LogP contribution in [0, 0.1) is 0 Å². The van der Waals surface area contributed by atoms with Gasteiger partial charge in [-0.2, -0.15) is 0 Å². The molecule has 0 fully saturated rings. The smallest absolute Gasteiger partial charge is 0.217 e. The van der Waals surface area contributed by atoms with Gasteiger partial charge in [0, 0.05) is 31.4 Å². The van der Waals surface area contributed by atoms with Crippen LogP contribution in [0.1, 0.15) is 12.5 Å². The Kier molecular flexibility index (Phi) is 3.45. The lowest BCUT2D eigenvalue weighted by atomic mass is 10.1. The Balaban J connectivity index is 2.20. The van der Waals surface area contributed by atoms with Crippen molar-refractivity contribution < 1.29 is 4.79 Å². The minimum atomic E-state index is -0.0358. The molecule has 0 aliphatic carbocycles. The molecule has 4 heteroatoms. The summed E-state index contributed by atoms with van der Waals surface area (Å²) in [6.45, 7) is 2.03. The third-order valence-corrected chi connectivity index (χ3v) is 2.29. The molecule has 4 nitrogen and oxygen atoms in total. The maximum atomic E-state index is 10.8. The summed E-state index contributed by atoms with van der Waals surface area (Å²) >= 11 is 0. The van der Waals surface area contributed by atoms with Crippen molar-refractivity contribution in [1.29, 1.82) is 0 Å². The highest BCUT2D eigenvalue weighted by molar-refractivity contribution is 5.72. The van der Waals surface area contributed by atoms with Crippen molar-refractivity contribution in [1.82, 2.24) is 15.3 Å². The highest BCUT2D eigenvalue weighted by Gasteiger charge is 2.01. The average molecular weight is 227 g/mol. The van der Waals surface area contributed by atoms with Crippen molar-refractivity contribution in [3.63, 3.8) is 0 Å². The summed E-state index contributed by atoms with van der Waals surface area (Å²) in [5, 5.41) is 2.76. The molecule has 1 amide bonds. The number of carbonyl (C=O) groups is 1. The van der Waals surface area contributed by atoms with E-state index in [9.17, 15) is 4.79 Å². The van der Waals surface area contributed by atoms with Crippen LogP contribution in [-0.2, 0) is 11.3 Å². The lowest BCUT2D eigenvalue weighted by Crippen LogP contribution is -2.18. The first-order chi connectivity index (χ1) is 8.25. The van der Waals surface area contributed by atoms with Crippen LogP contribution in [0.4, 0.5) is 0 Å². The van der Waals surface area contributed by atoms with Crippen LogP contribution in [0.3, 0.4) is 0 Å². The molecular weight excluding hydrogens is 214 g/mol. The summed E-state index contributed by atoms with van der Waals surface area (Å²) in [6, 6.07) is 9.60. The second kappa shape index (κ2) is 5.21. The molecule has 2 rings (SSSR count). The predicted molar refractivity (Wildman–Crippen MR) is 65.0 cm³/mol. The molecule has 1 N–H and O–H groups in total. The van der Waals surface area contributed by atoms with Crippen LogP contribution in [0.25, 0.3) is 11.4 Å². The molecule has 1 aromatic heterocycles. The second-order valence-electron chi connectivity index (χ2n) is 3.68. The zero-order valence-corrected chi connectivity index (χ0v) is 9.55. The van der Waals surface area contributed by atoms with Crippen LogP contribution in [0.5, 0.6) is 0 Å². The first kappa shape index (κ1) is 11.3. The average Bonchev–Trinajstić information content (AvgIpc) is 2.38.